The third kappa shape index (κ3) is 3.35. The first kappa shape index (κ1) is 14.6. The number of carbonyl (C=O) groups is 1. The maximum atomic E-state index is 12.4. The molecule has 2 fully saturated rings. The number of aromatic nitrogens is 2. The van der Waals surface area contributed by atoms with Crippen molar-refractivity contribution in [2.45, 2.75) is 44.1 Å². The molecule has 2 heterocycles. The predicted molar refractivity (Wildman–Crippen MR) is 89.7 cm³/mol. The molecular formula is C17H25N5O. The van der Waals surface area contributed by atoms with Gasteiger partial charge in [-0.2, -0.15) is 5.10 Å². The van der Waals surface area contributed by atoms with Crippen LogP contribution in [0.3, 0.4) is 0 Å². The van der Waals surface area contributed by atoms with Crippen LogP contribution in [0.1, 0.15) is 43.7 Å². The van der Waals surface area contributed by atoms with E-state index in [9.17, 15) is 4.79 Å². The molecule has 1 aliphatic heterocycles. The highest BCUT2D eigenvalue weighted by molar-refractivity contribution is 5.75. The van der Waals surface area contributed by atoms with Gasteiger partial charge in [0.1, 0.15) is 0 Å². The van der Waals surface area contributed by atoms with Crippen molar-refractivity contribution in [2.75, 3.05) is 31.1 Å². The van der Waals surface area contributed by atoms with E-state index in [-0.39, 0.29) is 6.03 Å². The molecule has 1 atom stereocenters. The van der Waals surface area contributed by atoms with Crippen molar-refractivity contribution in [3.63, 3.8) is 0 Å². The summed E-state index contributed by atoms with van der Waals surface area (Å²) in [4.78, 5) is 16.6. The predicted octanol–water partition coefficient (Wildman–Crippen LogP) is 2.23. The molecule has 1 saturated heterocycles. The van der Waals surface area contributed by atoms with Gasteiger partial charge in [-0.05, 0) is 32.1 Å². The fourth-order valence-electron chi connectivity index (χ4n) is 3.42. The Balaban J connectivity index is 1.27. The van der Waals surface area contributed by atoms with E-state index in [1.807, 2.05) is 4.90 Å². The molecular weight excluding hydrogens is 290 g/mol. The number of allylic oxidation sites excluding steroid dienone is 1. The first-order valence-electron chi connectivity index (χ1n) is 8.80. The molecule has 4 rings (SSSR count). The second-order valence-corrected chi connectivity index (χ2v) is 6.86. The lowest BCUT2D eigenvalue weighted by molar-refractivity contribution is 0.189. The smallest absolute Gasteiger partial charge is 0.317 e. The van der Waals surface area contributed by atoms with Gasteiger partial charge in [-0.1, -0.05) is 12.2 Å². The maximum absolute atomic E-state index is 12.4. The van der Waals surface area contributed by atoms with Crippen molar-refractivity contribution in [1.82, 2.24) is 20.4 Å². The SMILES string of the molecule is O=C(NC1CC=CCC1)N1CCN(c2cc(C3CC3)[nH]n2)CC1. The van der Waals surface area contributed by atoms with E-state index in [0.717, 1.165) is 51.3 Å². The number of anilines is 1. The topological polar surface area (TPSA) is 64.3 Å². The van der Waals surface area contributed by atoms with E-state index in [0.29, 0.717) is 12.0 Å². The molecule has 2 amide bonds. The molecule has 0 aromatic carbocycles. The van der Waals surface area contributed by atoms with Crippen LogP contribution in [0.5, 0.6) is 0 Å². The normalized spacial score (nSPS) is 24.8. The summed E-state index contributed by atoms with van der Waals surface area (Å²) in [5.41, 5.74) is 1.27. The van der Waals surface area contributed by atoms with Crippen LogP contribution < -0.4 is 10.2 Å². The number of amides is 2. The highest BCUT2D eigenvalue weighted by atomic mass is 16.2. The van der Waals surface area contributed by atoms with Crippen molar-refractivity contribution in [1.29, 1.82) is 0 Å². The van der Waals surface area contributed by atoms with E-state index >= 15 is 0 Å². The van der Waals surface area contributed by atoms with Gasteiger partial charge in [-0.15, -0.1) is 0 Å². The lowest BCUT2D eigenvalue weighted by atomic mass is 10.0. The molecule has 3 aliphatic rings. The first-order valence-corrected chi connectivity index (χ1v) is 8.80. The summed E-state index contributed by atoms with van der Waals surface area (Å²) in [5.74, 6) is 1.73. The molecule has 2 N–H and O–H groups in total. The average Bonchev–Trinajstić information content (AvgIpc) is 3.33. The number of hydrogen-bond donors (Lipinski definition) is 2. The Kier molecular flexibility index (Phi) is 3.97. The zero-order valence-corrected chi connectivity index (χ0v) is 13.5. The van der Waals surface area contributed by atoms with Crippen molar-refractivity contribution in [3.05, 3.63) is 23.9 Å². The number of aromatic amines is 1. The van der Waals surface area contributed by atoms with Crippen LogP contribution >= 0.6 is 0 Å². The van der Waals surface area contributed by atoms with Gasteiger partial charge in [0.25, 0.3) is 0 Å². The Labute approximate surface area is 136 Å². The number of urea groups is 1. The second-order valence-electron chi connectivity index (χ2n) is 6.86. The number of H-pyrrole nitrogens is 1. The Morgan fingerprint density at radius 1 is 1.17 bits per heavy atom. The summed E-state index contributed by atoms with van der Waals surface area (Å²) < 4.78 is 0. The van der Waals surface area contributed by atoms with Crippen molar-refractivity contribution >= 4 is 11.8 Å². The summed E-state index contributed by atoms with van der Waals surface area (Å²) in [6.45, 7) is 3.24. The minimum atomic E-state index is 0.0886. The third-order valence-corrected chi connectivity index (χ3v) is 5.09. The molecule has 124 valence electrons. The summed E-state index contributed by atoms with van der Waals surface area (Å²) in [7, 11) is 0. The van der Waals surface area contributed by atoms with Gasteiger partial charge >= 0.3 is 6.03 Å². The van der Waals surface area contributed by atoms with E-state index in [2.05, 4.69) is 38.6 Å². The molecule has 0 radical (unpaired) electrons. The highest BCUT2D eigenvalue weighted by Gasteiger charge is 2.28. The van der Waals surface area contributed by atoms with Crippen LogP contribution in [0.2, 0.25) is 0 Å². The summed E-state index contributed by atoms with van der Waals surface area (Å²) in [5, 5.41) is 10.8. The van der Waals surface area contributed by atoms with Gasteiger partial charge in [0.15, 0.2) is 5.82 Å². The fraction of sp³-hybridized carbons (Fsp3) is 0.647. The Morgan fingerprint density at radius 2 is 2.00 bits per heavy atom. The van der Waals surface area contributed by atoms with Gasteiger partial charge in [-0.25, -0.2) is 4.79 Å². The Hall–Kier alpha value is -1.98. The quantitative estimate of drug-likeness (QED) is 0.841. The van der Waals surface area contributed by atoms with Gasteiger partial charge < -0.3 is 15.1 Å². The van der Waals surface area contributed by atoms with Crippen LogP contribution in [0.4, 0.5) is 10.6 Å². The average molecular weight is 315 g/mol. The maximum Gasteiger partial charge on any atom is 0.317 e. The van der Waals surface area contributed by atoms with Crippen LogP contribution in [0, 0.1) is 0 Å². The lowest BCUT2D eigenvalue weighted by Gasteiger charge is -2.35. The first-order chi connectivity index (χ1) is 11.3. The monoisotopic (exact) mass is 315 g/mol. The van der Waals surface area contributed by atoms with E-state index in [1.54, 1.807) is 0 Å². The van der Waals surface area contributed by atoms with Crippen LogP contribution in [0.25, 0.3) is 0 Å². The van der Waals surface area contributed by atoms with Crippen LogP contribution in [0.15, 0.2) is 18.2 Å². The molecule has 1 aromatic heterocycles. The summed E-state index contributed by atoms with van der Waals surface area (Å²) in [6, 6.07) is 2.57. The van der Waals surface area contributed by atoms with E-state index in [4.69, 9.17) is 0 Å². The number of hydrogen-bond acceptors (Lipinski definition) is 3. The van der Waals surface area contributed by atoms with Gasteiger partial charge in [-0.3, -0.25) is 5.10 Å². The standard InChI is InChI=1S/C17H25N5O/c23-17(18-14-4-2-1-3-5-14)22-10-8-21(9-11-22)16-12-15(19-20-16)13-6-7-13/h1-2,12-14H,3-11H2,(H,18,23)(H,19,20). The number of nitrogens with zero attached hydrogens (tertiary/aromatic N) is 3. The van der Waals surface area contributed by atoms with Crippen molar-refractivity contribution in [2.24, 2.45) is 0 Å². The molecule has 2 aliphatic carbocycles. The zero-order valence-electron chi connectivity index (χ0n) is 13.5. The van der Waals surface area contributed by atoms with E-state index in [1.165, 1.54) is 18.5 Å². The largest absolute Gasteiger partial charge is 0.352 e. The van der Waals surface area contributed by atoms with Crippen molar-refractivity contribution < 1.29 is 4.79 Å². The van der Waals surface area contributed by atoms with Crippen molar-refractivity contribution in [3.8, 4) is 0 Å². The Morgan fingerprint density at radius 3 is 2.70 bits per heavy atom. The molecule has 6 heteroatoms. The molecule has 6 nitrogen and oxygen atoms in total. The zero-order chi connectivity index (χ0) is 15.6. The fourth-order valence-corrected chi connectivity index (χ4v) is 3.42. The number of piperazine rings is 1. The number of rotatable bonds is 3. The third-order valence-electron chi connectivity index (χ3n) is 5.09. The lowest BCUT2D eigenvalue weighted by Crippen LogP contribution is -2.53. The number of carbonyl (C=O) groups excluding carboxylic acids is 1. The minimum absolute atomic E-state index is 0.0886. The summed E-state index contributed by atoms with van der Waals surface area (Å²) >= 11 is 0. The molecule has 0 bridgehead atoms. The van der Waals surface area contributed by atoms with Gasteiger partial charge in [0.2, 0.25) is 0 Å². The minimum Gasteiger partial charge on any atom is -0.352 e. The summed E-state index contributed by atoms with van der Waals surface area (Å²) in [6.07, 6.45) is 10.0. The van der Waals surface area contributed by atoms with Gasteiger partial charge in [0.05, 0.1) is 0 Å². The highest BCUT2D eigenvalue weighted by Crippen LogP contribution is 2.39. The Bertz CT molecular complexity index is 584. The molecule has 0 spiro atoms. The van der Waals surface area contributed by atoms with Gasteiger partial charge in [0, 0.05) is 49.9 Å². The second kappa shape index (κ2) is 6.26. The molecule has 1 unspecified atom stereocenters. The molecule has 23 heavy (non-hydrogen) atoms. The van der Waals surface area contributed by atoms with Crippen LogP contribution in [-0.4, -0.2) is 53.3 Å². The molecule has 1 aromatic rings. The molecule has 1 saturated carbocycles. The van der Waals surface area contributed by atoms with E-state index < -0.39 is 0 Å². The number of nitrogens with one attached hydrogen (secondary N) is 2. The van der Waals surface area contributed by atoms with Crippen LogP contribution in [-0.2, 0) is 0 Å².